The Balaban J connectivity index is 1.53. The number of benzene rings is 2. The molecule has 0 atom stereocenters. The normalized spacial score (nSPS) is 10.5. The summed E-state index contributed by atoms with van der Waals surface area (Å²) >= 11 is 0. The number of rotatable bonds is 6. The fourth-order valence-electron chi connectivity index (χ4n) is 2.29. The fourth-order valence-corrected chi connectivity index (χ4v) is 2.29. The molecule has 0 spiro atoms. The highest BCUT2D eigenvalue weighted by atomic mass is 19.2. The van der Waals surface area contributed by atoms with Crippen LogP contribution in [0.25, 0.3) is 0 Å². The third-order valence-corrected chi connectivity index (χ3v) is 3.70. The van der Waals surface area contributed by atoms with Gasteiger partial charge in [0.2, 0.25) is 5.95 Å². The van der Waals surface area contributed by atoms with Gasteiger partial charge in [0.1, 0.15) is 5.82 Å². The predicted octanol–water partition coefficient (Wildman–Crippen LogP) is 3.61. The standard InChI is InChI=1S/C19H15F3N4O/c20-14-3-1-12(2-4-14)7-8-23-18(27)13-10-24-19(25-11-13)26-15-5-6-16(21)17(22)9-15/h1-6,9-11H,7-8H2,(H,23,27)(H,24,25,26). The van der Waals surface area contributed by atoms with E-state index in [2.05, 4.69) is 20.6 Å². The smallest absolute Gasteiger partial charge is 0.254 e. The van der Waals surface area contributed by atoms with Gasteiger partial charge in [-0.05, 0) is 36.2 Å². The maximum atomic E-state index is 13.2. The van der Waals surface area contributed by atoms with Crippen molar-refractivity contribution < 1.29 is 18.0 Å². The van der Waals surface area contributed by atoms with Crippen molar-refractivity contribution >= 4 is 17.5 Å². The van der Waals surface area contributed by atoms with Crippen molar-refractivity contribution in [2.75, 3.05) is 11.9 Å². The lowest BCUT2D eigenvalue weighted by Crippen LogP contribution is -2.26. The van der Waals surface area contributed by atoms with Gasteiger partial charge in [0.05, 0.1) is 5.56 Å². The zero-order valence-corrected chi connectivity index (χ0v) is 14.0. The molecule has 0 aliphatic heterocycles. The van der Waals surface area contributed by atoms with Crippen LogP contribution in [-0.2, 0) is 6.42 Å². The van der Waals surface area contributed by atoms with Crippen LogP contribution in [0.2, 0.25) is 0 Å². The van der Waals surface area contributed by atoms with Crippen molar-refractivity contribution in [2.45, 2.75) is 6.42 Å². The molecule has 5 nitrogen and oxygen atoms in total. The van der Waals surface area contributed by atoms with E-state index in [1.165, 1.54) is 30.6 Å². The number of halogens is 3. The van der Waals surface area contributed by atoms with Crippen molar-refractivity contribution in [2.24, 2.45) is 0 Å². The molecule has 0 aliphatic rings. The summed E-state index contributed by atoms with van der Waals surface area (Å²) in [5.41, 5.74) is 1.44. The molecule has 0 unspecified atom stereocenters. The summed E-state index contributed by atoms with van der Waals surface area (Å²) in [6.07, 6.45) is 3.20. The molecule has 0 radical (unpaired) electrons. The van der Waals surface area contributed by atoms with E-state index in [9.17, 15) is 18.0 Å². The van der Waals surface area contributed by atoms with Crippen LogP contribution in [-0.4, -0.2) is 22.4 Å². The summed E-state index contributed by atoms with van der Waals surface area (Å²) in [6, 6.07) is 9.35. The first kappa shape index (κ1) is 18.4. The molecule has 2 aromatic carbocycles. The number of hydrogen-bond donors (Lipinski definition) is 2. The molecular formula is C19H15F3N4O. The topological polar surface area (TPSA) is 66.9 Å². The first-order chi connectivity index (χ1) is 13.0. The maximum absolute atomic E-state index is 13.2. The minimum absolute atomic E-state index is 0.142. The van der Waals surface area contributed by atoms with E-state index in [0.717, 1.165) is 17.7 Å². The molecule has 0 fully saturated rings. The van der Waals surface area contributed by atoms with E-state index >= 15 is 0 Å². The van der Waals surface area contributed by atoms with Crippen LogP contribution in [0.5, 0.6) is 0 Å². The monoisotopic (exact) mass is 372 g/mol. The number of aromatic nitrogens is 2. The number of nitrogens with one attached hydrogen (secondary N) is 2. The third kappa shape index (κ3) is 5.04. The highest BCUT2D eigenvalue weighted by Crippen LogP contribution is 2.16. The van der Waals surface area contributed by atoms with E-state index in [1.54, 1.807) is 12.1 Å². The molecule has 0 bridgehead atoms. The van der Waals surface area contributed by atoms with Crippen molar-refractivity contribution in [3.63, 3.8) is 0 Å². The Hall–Kier alpha value is -3.42. The Morgan fingerprint density at radius 1 is 0.926 bits per heavy atom. The Morgan fingerprint density at radius 2 is 1.63 bits per heavy atom. The Morgan fingerprint density at radius 3 is 2.30 bits per heavy atom. The summed E-state index contributed by atoms with van der Waals surface area (Å²) in [4.78, 5) is 20.0. The largest absolute Gasteiger partial charge is 0.352 e. The summed E-state index contributed by atoms with van der Waals surface area (Å²) in [6.45, 7) is 0.374. The first-order valence-electron chi connectivity index (χ1n) is 8.08. The number of amides is 1. The number of carbonyl (C=O) groups excluding carboxylic acids is 1. The maximum Gasteiger partial charge on any atom is 0.254 e. The van der Waals surface area contributed by atoms with Gasteiger partial charge in [-0.15, -0.1) is 0 Å². The molecule has 138 valence electrons. The van der Waals surface area contributed by atoms with E-state index < -0.39 is 11.6 Å². The second-order valence-corrected chi connectivity index (χ2v) is 5.68. The van der Waals surface area contributed by atoms with Crippen LogP contribution in [0.15, 0.2) is 54.9 Å². The summed E-state index contributed by atoms with van der Waals surface area (Å²) in [5, 5.41) is 5.44. The van der Waals surface area contributed by atoms with Crippen LogP contribution in [0, 0.1) is 17.5 Å². The first-order valence-corrected chi connectivity index (χ1v) is 8.08. The molecule has 0 saturated heterocycles. The molecule has 3 aromatic rings. The molecule has 1 heterocycles. The lowest BCUT2D eigenvalue weighted by atomic mass is 10.1. The highest BCUT2D eigenvalue weighted by molar-refractivity contribution is 5.93. The lowest BCUT2D eigenvalue weighted by Gasteiger charge is -2.07. The van der Waals surface area contributed by atoms with Gasteiger partial charge in [0.15, 0.2) is 11.6 Å². The van der Waals surface area contributed by atoms with Crippen molar-refractivity contribution in [3.05, 3.63) is 83.4 Å². The molecule has 3 rings (SSSR count). The minimum atomic E-state index is -0.989. The van der Waals surface area contributed by atoms with Gasteiger partial charge in [-0.25, -0.2) is 23.1 Å². The van der Waals surface area contributed by atoms with Gasteiger partial charge in [0, 0.05) is 30.7 Å². The number of nitrogens with zero attached hydrogens (tertiary/aromatic N) is 2. The second-order valence-electron chi connectivity index (χ2n) is 5.68. The summed E-state index contributed by atoms with van der Waals surface area (Å²) in [7, 11) is 0. The van der Waals surface area contributed by atoms with Gasteiger partial charge in [-0.1, -0.05) is 12.1 Å². The molecule has 0 saturated carbocycles. The average Bonchev–Trinajstić information content (AvgIpc) is 2.67. The molecule has 0 aliphatic carbocycles. The zero-order chi connectivity index (χ0) is 19.2. The fraction of sp³-hybridized carbons (Fsp3) is 0.105. The van der Waals surface area contributed by atoms with Gasteiger partial charge in [-0.2, -0.15) is 0 Å². The highest BCUT2D eigenvalue weighted by Gasteiger charge is 2.08. The van der Waals surface area contributed by atoms with Crippen LogP contribution in [0.3, 0.4) is 0 Å². The summed E-state index contributed by atoms with van der Waals surface area (Å²) < 4.78 is 38.9. The number of carbonyl (C=O) groups is 1. The molecule has 1 amide bonds. The van der Waals surface area contributed by atoms with E-state index in [1.807, 2.05) is 0 Å². The van der Waals surface area contributed by atoms with Crippen LogP contribution >= 0.6 is 0 Å². The Kier molecular flexibility index (Phi) is 5.65. The van der Waals surface area contributed by atoms with Gasteiger partial charge >= 0.3 is 0 Å². The number of anilines is 2. The molecule has 8 heteroatoms. The van der Waals surface area contributed by atoms with E-state index in [0.29, 0.717) is 13.0 Å². The second kappa shape index (κ2) is 8.31. The molecular weight excluding hydrogens is 357 g/mol. The predicted molar refractivity (Wildman–Crippen MR) is 94.1 cm³/mol. The van der Waals surface area contributed by atoms with Gasteiger partial charge in [-0.3, -0.25) is 4.79 Å². The van der Waals surface area contributed by atoms with Crippen molar-refractivity contribution in [1.82, 2.24) is 15.3 Å². The lowest BCUT2D eigenvalue weighted by molar-refractivity contribution is 0.0953. The number of hydrogen-bond acceptors (Lipinski definition) is 4. The molecule has 2 N–H and O–H groups in total. The quantitative estimate of drug-likeness (QED) is 0.694. The van der Waals surface area contributed by atoms with E-state index in [4.69, 9.17) is 0 Å². The van der Waals surface area contributed by atoms with Gasteiger partial charge < -0.3 is 10.6 Å². The Bertz CT molecular complexity index is 931. The minimum Gasteiger partial charge on any atom is -0.352 e. The molecule has 1 aromatic heterocycles. The Labute approximate surface area is 153 Å². The van der Waals surface area contributed by atoms with Crippen molar-refractivity contribution in [1.29, 1.82) is 0 Å². The van der Waals surface area contributed by atoms with Crippen LogP contribution < -0.4 is 10.6 Å². The average molecular weight is 372 g/mol. The van der Waals surface area contributed by atoms with Gasteiger partial charge in [0.25, 0.3) is 5.91 Å². The van der Waals surface area contributed by atoms with Crippen molar-refractivity contribution in [3.8, 4) is 0 Å². The zero-order valence-electron chi connectivity index (χ0n) is 14.0. The van der Waals surface area contributed by atoms with Crippen LogP contribution in [0.1, 0.15) is 15.9 Å². The third-order valence-electron chi connectivity index (χ3n) is 3.70. The molecule has 27 heavy (non-hydrogen) atoms. The van der Waals surface area contributed by atoms with Crippen LogP contribution in [0.4, 0.5) is 24.8 Å². The van der Waals surface area contributed by atoms with E-state index in [-0.39, 0.29) is 28.9 Å². The summed E-state index contributed by atoms with van der Waals surface area (Å²) in [5.74, 6) is -2.45. The SMILES string of the molecule is O=C(NCCc1ccc(F)cc1)c1cnc(Nc2ccc(F)c(F)c2)nc1.